The number of hydrogen-bond acceptors (Lipinski definition) is 4. The van der Waals surface area contributed by atoms with Gasteiger partial charge in [-0.15, -0.1) is 0 Å². The van der Waals surface area contributed by atoms with Gasteiger partial charge in [-0.1, -0.05) is 11.6 Å². The van der Waals surface area contributed by atoms with E-state index < -0.39 is 0 Å². The summed E-state index contributed by atoms with van der Waals surface area (Å²) in [4.78, 5) is 28.6. The fraction of sp³-hybridized carbons (Fsp3) is 0.706. The molecule has 126 valence electrons. The summed E-state index contributed by atoms with van der Waals surface area (Å²) in [7, 11) is 1.81. The van der Waals surface area contributed by atoms with Crippen LogP contribution in [0.25, 0.3) is 0 Å². The van der Waals surface area contributed by atoms with E-state index in [0.717, 1.165) is 31.4 Å². The van der Waals surface area contributed by atoms with Crippen LogP contribution in [0.2, 0.25) is 0 Å². The molecule has 0 aromatic carbocycles. The molecule has 1 aromatic rings. The van der Waals surface area contributed by atoms with Gasteiger partial charge in [-0.3, -0.25) is 9.59 Å². The molecule has 6 nitrogen and oxygen atoms in total. The average Bonchev–Trinajstić information content (AvgIpc) is 3.05. The number of carbonyl (C=O) groups excluding carboxylic acids is 2. The third-order valence-corrected chi connectivity index (χ3v) is 5.42. The van der Waals surface area contributed by atoms with Gasteiger partial charge in [-0.05, 0) is 32.6 Å². The van der Waals surface area contributed by atoms with Gasteiger partial charge in [-0.25, -0.2) is 0 Å². The van der Waals surface area contributed by atoms with E-state index in [2.05, 4.69) is 5.16 Å². The smallest absolute Gasteiger partial charge is 0.226 e. The average molecular weight is 319 g/mol. The van der Waals surface area contributed by atoms with Crippen LogP contribution >= 0.6 is 0 Å². The lowest BCUT2D eigenvalue weighted by Crippen LogP contribution is -2.46. The highest BCUT2D eigenvalue weighted by Gasteiger charge is 2.34. The standard InChI is InChI=1S/C17H25N3O3/c1-12(15-8-11-23-18-15)19(2)16(21)14-6-9-20(10-7-14)17(22)13-4-3-5-13/h8,11-14H,3-7,9-10H2,1-2H3/t12-/m0/s1. The third-order valence-electron chi connectivity index (χ3n) is 5.42. The summed E-state index contributed by atoms with van der Waals surface area (Å²) >= 11 is 0. The van der Waals surface area contributed by atoms with E-state index >= 15 is 0 Å². The van der Waals surface area contributed by atoms with Crippen LogP contribution in [0.15, 0.2) is 16.9 Å². The first kappa shape index (κ1) is 16.0. The van der Waals surface area contributed by atoms with Gasteiger partial charge in [0, 0.05) is 38.0 Å². The Hall–Kier alpha value is -1.85. The molecule has 1 saturated carbocycles. The van der Waals surface area contributed by atoms with Crippen LogP contribution in [-0.2, 0) is 9.59 Å². The summed E-state index contributed by atoms with van der Waals surface area (Å²) in [6.45, 7) is 3.36. The van der Waals surface area contributed by atoms with Crippen LogP contribution < -0.4 is 0 Å². The zero-order chi connectivity index (χ0) is 16.4. The second-order valence-electron chi connectivity index (χ2n) is 6.78. The maximum atomic E-state index is 12.7. The zero-order valence-corrected chi connectivity index (χ0v) is 13.9. The first-order valence-electron chi connectivity index (χ1n) is 8.53. The minimum Gasteiger partial charge on any atom is -0.364 e. The fourth-order valence-electron chi connectivity index (χ4n) is 3.37. The van der Waals surface area contributed by atoms with E-state index in [9.17, 15) is 9.59 Å². The van der Waals surface area contributed by atoms with Crippen molar-refractivity contribution in [3.8, 4) is 0 Å². The van der Waals surface area contributed by atoms with Crippen molar-refractivity contribution in [2.24, 2.45) is 11.8 Å². The van der Waals surface area contributed by atoms with Crippen molar-refractivity contribution in [2.75, 3.05) is 20.1 Å². The maximum Gasteiger partial charge on any atom is 0.226 e. The third kappa shape index (κ3) is 3.26. The molecular weight excluding hydrogens is 294 g/mol. The molecule has 3 rings (SSSR count). The minimum atomic E-state index is -0.101. The number of piperidine rings is 1. The molecule has 6 heteroatoms. The van der Waals surface area contributed by atoms with Crippen molar-refractivity contribution in [3.63, 3.8) is 0 Å². The zero-order valence-electron chi connectivity index (χ0n) is 13.9. The molecule has 0 spiro atoms. The van der Waals surface area contributed by atoms with Gasteiger partial charge in [0.25, 0.3) is 0 Å². The second kappa shape index (κ2) is 6.72. The summed E-state index contributed by atoms with van der Waals surface area (Å²) in [5.41, 5.74) is 0.762. The summed E-state index contributed by atoms with van der Waals surface area (Å²) in [5.74, 6) is 0.680. The van der Waals surface area contributed by atoms with Crippen LogP contribution in [-0.4, -0.2) is 46.9 Å². The monoisotopic (exact) mass is 319 g/mol. The Balaban J connectivity index is 1.52. The van der Waals surface area contributed by atoms with Gasteiger partial charge < -0.3 is 14.3 Å². The van der Waals surface area contributed by atoms with Gasteiger partial charge in [-0.2, -0.15) is 0 Å². The van der Waals surface area contributed by atoms with Gasteiger partial charge in [0.05, 0.1) is 6.04 Å². The van der Waals surface area contributed by atoms with Gasteiger partial charge in [0.15, 0.2) is 0 Å². The van der Waals surface area contributed by atoms with Crippen molar-refractivity contribution in [1.82, 2.24) is 15.0 Å². The van der Waals surface area contributed by atoms with E-state index in [1.54, 1.807) is 11.0 Å². The first-order valence-corrected chi connectivity index (χ1v) is 8.53. The predicted molar refractivity (Wildman–Crippen MR) is 84.3 cm³/mol. The first-order chi connectivity index (χ1) is 11.1. The molecule has 1 atom stereocenters. The predicted octanol–water partition coefficient (Wildman–Crippen LogP) is 2.23. The molecule has 1 aromatic heterocycles. The molecule has 2 aliphatic rings. The molecule has 1 aliphatic heterocycles. The Bertz CT molecular complexity index is 545. The number of carbonyl (C=O) groups is 2. The van der Waals surface area contributed by atoms with Crippen LogP contribution in [0.5, 0.6) is 0 Å². The summed E-state index contributed by atoms with van der Waals surface area (Å²) < 4.78 is 4.86. The van der Waals surface area contributed by atoms with Gasteiger partial charge in [0.1, 0.15) is 12.0 Å². The molecule has 2 heterocycles. The quantitative estimate of drug-likeness (QED) is 0.853. The van der Waals surface area contributed by atoms with E-state index in [4.69, 9.17) is 4.52 Å². The van der Waals surface area contributed by atoms with Crippen LogP contribution in [0, 0.1) is 11.8 Å². The second-order valence-corrected chi connectivity index (χ2v) is 6.78. The summed E-state index contributed by atoms with van der Waals surface area (Å²) in [6, 6.07) is 1.69. The molecule has 23 heavy (non-hydrogen) atoms. The molecule has 0 bridgehead atoms. The molecular formula is C17H25N3O3. The van der Waals surface area contributed by atoms with Crippen LogP contribution in [0.1, 0.15) is 50.8 Å². The number of rotatable bonds is 4. The molecule has 0 radical (unpaired) electrons. The number of aromatic nitrogens is 1. The largest absolute Gasteiger partial charge is 0.364 e. The number of hydrogen-bond donors (Lipinski definition) is 0. The number of amides is 2. The van der Waals surface area contributed by atoms with Crippen LogP contribution in [0.3, 0.4) is 0 Å². The summed E-state index contributed by atoms with van der Waals surface area (Å²) in [5, 5.41) is 3.91. The van der Waals surface area contributed by atoms with Gasteiger partial charge in [0.2, 0.25) is 11.8 Å². The van der Waals surface area contributed by atoms with Crippen molar-refractivity contribution in [2.45, 2.75) is 45.1 Å². The van der Waals surface area contributed by atoms with Crippen molar-refractivity contribution in [1.29, 1.82) is 0 Å². The van der Waals surface area contributed by atoms with Crippen molar-refractivity contribution in [3.05, 3.63) is 18.0 Å². The number of likely N-dealkylation sites (tertiary alicyclic amines) is 1. The van der Waals surface area contributed by atoms with Crippen molar-refractivity contribution >= 4 is 11.8 Å². The Kier molecular flexibility index (Phi) is 4.68. The lowest BCUT2D eigenvalue weighted by atomic mass is 9.83. The minimum absolute atomic E-state index is 0.000193. The molecule has 1 saturated heterocycles. The number of nitrogens with zero attached hydrogens (tertiary/aromatic N) is 3. The maximum absolute atomic E-state index is 12.7. The Morgan fingerprint density at radius 1 is 1.26 bits per heavy atom. The Morgan fingerprint density at radius 3 is 2.48 bits per heavy atom. The van der Waals surface area contributed by atoms with E-state index in [0.29, 0.717) is 19.0 Å². The highest BCUT2D eigenvalue weighted by molar-refractivity contribution is 5.81. The van der Waals surface area contributed by atoms with Crippen molar-refractivity contribution < 1.29 is 14.1 Å². The SMILES string of the molecule is C[C@@H](c1ccon1)N(C)C(=O)C1CCN(C(=O)C2CCC2)CC1. The van der Waals surface area contributed by atoms with E-state index in [1.165, 1.54) is 12.7 Å². The Morgan fingerprint density at radius 2 is 1.96 bits per heavy atom. The molecule has 2 amide bonds. The molecule has 2 fully saturated rings. The normalized spacial score (nSPS) is 20.9. The highest BCUT2D eigenvalue weighted by Crippen LogP contribution is 2.30. The van der Waals surface area contributed by atoms with Crippen LogP contribution in [0.4, 0.5) is 0 Å². The fourth-order valence-corrected chi connectivity index (χ4v) is 3.37. The van der Waals surface area contributed by atoms with E-state index in [-0.39, 0.29) is 23.8 Å². The topological polar surface area (TPSA) is 66.7 Å². The Labute approximate surface area is 136 Å². The lowest BCUT2D eigenvalue weighted by Gasteiger charge is -2.37. The molecule has 1 aliphatic carbocycles. The molecule has 0 N–H and O–H groups in total. The molecule has 0 unspecified atom stereocenters. The van der Waals surface area contributed by atoms with Gasteiger partial charge >= 0.3 is 0 Å². The summed E-state index contributed by atoms with van der Waals surface area (Å²) in [6.07, 6.45) is 6.29. The lowest BCUT2D eigenvalue weighted by molar-refractivity contribution is -0.144. The highest BCUT2D eigenvalue weighted by atomic mass is 16.5. The van der Waals surface area contributed by atoms with E-state index in [1.807, 2.05) is 18.9 Å².